The zero-order valence-electron chi connectivity index (χ0n) is 13.9. The van der Waals surface area contributed by atoms with Crippen LogP contribution in [0.3, 0.4) is 0 Å². The number of rotatable bonds is 6. The number of ether oxygens (including phenoxy) is 1. The molecule has 4 aromatic rings. The topological polar surface area (TPSA) is 80.3 Å². The fourth-order valence-electron chi connectivity index (χ4n) is 2.73. The number of hydrogen-bond donors (Lipinski definition) is 2. The monoisotopic (exact) mass is 365 g/mol. The third-order valence-corrected chi connectivity index (χ3v) is 4.91. The Morgan fingerprint density at radius 2 is 1.92 bits per heavy atom. The third-order valence-electron chi connectivity index (χ3n) is 4.11. The molecule has 0 aliphatic carbocycles. The first kappa shape index (κ1) is 16.3. The Labute approximate surface area is 152 Å². The van der Waals surface area contributed by atoms with Crippen molar-refractivity contribution >= 4 is 38.6 Å². The van der Waals surface area contributed by atoms with Crippen molar-refractivity contribution in [2.75, 3.05) is 17.7 Å². The van der Waals surface area contributed by atoms with Gasteiger partial charge in [0.1, 0.15) is 17.1 Å². The van der Waals surface area contributed by atoms with E-state index in [9.17, 15) is 9.59 Å². The van der Waals surface area contributed by atoms with E-state index >= 15 is 0 Å². The van der Waals surface area contributed by atoms with Gasteiger partial charge in [-0.15, -0.1) is 11.3 Å². The SMILES string of the molecule is COc1cccc(CNc2c(Nc3ccc4ncsc4c3)c(=O)c2=O)c1. The lowest BCUT2D eigenvalue weighted by atomic mass is 10.1. The molecule has 0 bridgehead atoms. The van der Waals surface area contributed by atoms with Gasteiger partial charge in [-0.3, -0.25) is 9.59 Å². The molecule has 1 aromatic heterocycles. The number of nitrogens with one attached hydrogen (secondary N) is 2. The van der Waals surface area contributed by atoms with Gasteiger partial charge in [0.15, 0.2) is 0 Å². The Morgan fingerprint density at radius 1 is 1.08 bits per heavy atom. The van der Waals surface area contributed by atoms with Crippen molar-refractivity contribution in [1.29, 1.82) is 0 Å². The van der Waals surface area contributed by atoms with Gasteiger partial charge in [-0.25, -0.2) is 4.98 Å². The fraction of sp³-hybridized carbons (Fsp3) is 0.105. The standard InChI is InChI=1S/C19H15N3O3S/c1-25-13-4-2-3-11(7-13)9-20-16-17(19(24)18(16)23)22-12-5-6-14-15(8-12)26-10-21-14/h2-8,10,20,22H,9H2,1H3. The molecule has 0 amide bonds. The van der Waals surface area contributed by atoms with Gasteiger partial charge in [0.05, 0.1) is 22.8 Å². The second kappa shape index (κ2) is 6.61. The van der Waals surface area contributed by atoms with Crippen LogP contribution in [0.25, 0.3) is 10.2 Å². The number of aromatic nitrogens is 1. The zero-order chi connectivity index (χ0) is 18.1. The molecule has 0 unspecified atom stereocenters. The van der Waals surface area contributed by atoms with Gasteiger partial charge in [-0.2, -0.15) is 0 Å². The molecule has 2 N–H and O–H groups in total. The molecule has 26 heavy (non-hydrogen) atoms. The van der Waals surface area contributed by atoms with Crippen molar-refractivity contribution in [3.05, 3.63) is 74.0 Å². The minimum absolute atomic E-state index is 0.293. The van der Waals surface area contributed by atoms with Gasteiger partial charge >= 0.3 is 0 Å². The highest BCUT2D eigenvalue weighted by atomic mass is 32.1. The average molecular weight is 365 g/mol. The molecular weight excluding hydrogens is 350 g/mol. The van der Waals surface area contributed by atoms with E-state index in [1.54, 1.807) is 12.6 Å². The summed E-state index contributed by atoms with van der Waals surface area (Å²) in [6.07, 6.45) is 0. The Bertz CT molecular complexity index is 1160. The quantitative estimate of drug-likeness (QED) is 0.511. The lowest BCUT2D eigenvalue weighted by Gasteiger charge is -2.15. The van der Waals surface area contributed by atoms with E-state index in [0.717, 1.165) is 27.2 Å². The van der Waals surface area contributed by atoms with Crippen molar-refractivity contribution in [2.45, 2.75) is 6.54 Å². The molecule has 1 heterocycles. The van der Waals surface area contributed by atoms with Crippen LogP contribution in [0.2, 0.25) is 0 Å². The van der Waals surface area contributed by atoms with E-state index in [0.29, 0.717) is 17.9 Å². The van der Waals surface area contributed by atoms with Crippen LogP contribution in [-0.4, -0.2) is 12.1 Å². The molecule has 130 valence electrons. The van der Waals surface area contributed by atoms with E-state index in [2.05, 4.69) is 15.6 Å². The van der Waals surface area contributed by atoms with Crippen molar-refractivity contribution in [3.8, 4) is 5.75 Å². The highest BCUT2D eigenvalue weighted by molar-refractivity contribution is 7.16. The van der Waals surface area contributed by atoms with Crippen molar-refractivity contribution in [2.24, 2.45) is 0 Å². The Morgan fingerprint density at radius 3 is 2.77 bits per heavy atom. The predicted octanol–water partition coefficient (Wildman–Crippen LogP) is 3.26. The van der Waals surface area contributed by atoms with Crippen LogP contribution in [0.15, 0.2) is 57.6 Å². The first-order valence-corrected chi connectivity index (χ1v) is 8.84. The highest BCUT2D eigenvalue weighted by Gasteiger charge is 2.21. The summed E-state index contributed by atoms with van der Waals surface area (Å²) in [6.45, 7) is 0.421. The number of nitrogens with zero attached hydrogens (tertiary/aromatic N) is 1. The summed E-state index contributed by atoms with van der Waals surface area (Å²) in [5.41, 5.74) is 3.96. The second-order valence-corrected chi connectivity index (χ2v) is 6.66. The largest absolute Gasteiger partial charge is 0.497 e. The molecule has 0 atom stereocenters. The van der Waals surface area contributed by atoms with Gasteiger partial charge in [0, 0.05) is 12.2 Å². The van der Waals surface area contributed by atoms with Crippen LogP contribution >= 0.6 is 11.3 Å². The zero-order valence-corrected chi connectivity index (χ0v) is 14.7. The van der Waals surface area contributed by atoms with E-state index in [4.69, 9.17) is 4.74 Å². The molecule has 0 aliphatic heterocycles. The molecule has 4 rings (SSSR count). The van der Waals surface area contributed by atoms with Crippen LogP contribution in [0.1, 0.15) is 5.56 Å². The van der Waals surface area contributed by atoms with Crippen LogP contribution in [0.5, 0.6) is 5.75 Å². The number of benzene rings is 2. The number of thiazole rings is 1. The molecule has 0 aliphatic rings. The van der Waals surface area contributed by atoms with Gasteiger partial charge in [0.25, 0.3) is 10.9 Å². The van der Waals surface area contributed by atoms with Gasteiger partial charge < -0.3 is 15.4 Å². The molecule has 7 heteroatoms. The first-order chi connectivity index (χ1) is 12.7. The van der Waals surface area contributed by atoms with Crippen LogP contribution in [0.4, 0.5) is 17.1 Å². The fourth-order valence-corrected chi connectivity index (χ4v) is 3.45. The molecule has 0 saturated heterocycles. The Hall–Kier alpha value is -3.19. The summed E-state index contributed by atoms with van der Waals surface area (Å²) in [6, 6.07) is 13.2. The van der Waals surface area contributed by atoms with E-state index < -0.39 is 10.9 Å². The molecule has 0 fully saturated rings. The van der Waals surface area contributed by atoms with E-state index in [1.807, 2.05) is 42.5 Å². The summed E-state index contributed by atoms with van der Waals surface area (Å²) in [5.74, 6) is 0.741. The van der Waals surface area contributed by atoms with Crippen LogP contribution < -0.4 is 26.2 Å². The smallest absolute Gasteiger partial charge is 0.253 e. The normalized spacial score (nSPS) is 11.0. The maximum atomic E-state index is 12.0. The lowest BCUT2D eigenvalue weighted by Crippen LogP contribution is -2.36. The van der Waals surface area contributed by atoms with Crippen molar-refractivity contribution < 1.29 is 4.74 Å². The summed E-state index contributed by atoms with van der Waals surface area (Å²) >= 11 is 1.52. The minimum atomic E-state index is -0.512. The maximum absolute atomic E-state index is 12.0. The summed E-state index contributed by atoms with van der Waals surface area (Å²) < 4.78 is 6.20. The minimum Gasteiger partial charge on any atom is -0.497 e. The maximum Gasteiger partial charge on any atom is 0.253 e. The molecule has 0 radical (unpaired) electrons. The van der Waals surface area contributed by atoms with Gasteiger partial charge in [-0.1, -0.05) is 12.1 Å². The molecule has 6 nitrogen and oxygen atoms in total. The molecule has 3 aromatic carbocycles. The van der Waals surface area contributed by atoms with Crippen LogP contribution in [-0.2, 0) is 6.54 Å². The molecular formula is C19H15N3O3S. The molecule has 0 spiro atoms. The van der Waals surface area contributed by atoms with Crippen molar-refractivity contribution in [3.63, 3.8) is 0 Å². The van der Waals surface area contributed by atoms with Gasteiger partial charge in [0.2, 0.25) is 0 Å². The second-order valence-electron chi connectivity index (χ2n) is 5.77. The number of hydrogen-bond acceptors (Lipinski definition) is 7. The number of methoxy groups -OCH3 is 1. The molecule has 0 saturated carbocycles. The summed E-state index contributed by atoms with van der Waals surface area (Å²) in [7, 11) is 1.60. The lowest BCUT2D eigenvalue weighted by molar-refractivity contribution is 0.414. The average Bonchev–Trinajstić information content (AvgIpc) is 3.15. The van der Waals surface area contributed by atoms with E-state index in [1.165, 1.54) is 11.3 Å². The predicted molar refractivity (Wildman–Crippen MR) is 105 cm³/mol. The Balaban J connectivity index is 1.53. The van der Waals surface area contributed by atoms with Crippen molar-refractivity contribution in [1.82, 2.24) is 4.98 Å². The van der Waals surface area contributed by atoms with E-state index in [-0.39, 0.29) is 0 Å². The summed E-state index contributed by atoms with van der Waals surface area (Å²) in [4.78, 5) is 28.1. The Kier molecular flexibility index (Phi) is 4.14. The first-order valence-electron chi connectivity index (χ1n) is 7.96. The third kappa shape index (κ3) is 2.93. The van der Waals surface area contributed by atoms with Crippen LogP contribution in [0, 0.1) is 0 Å². The highest BCUT2D eigenvalue weighted by Crippen LogP contribution is 2.26. The summed E-state index contributed by atoms with van der Waals surface area (Å²) in [5, 5.41) is 6.10. The van der Waals surface area contributed by atoms with Gasteiger partial charge in [-0.05, 0) is 35.9 Å². The number of anilines is 3. The number of fused-ring (bicyclic) bond motifs is 1.